The fourth-order valence-corrected chi connectivity index (χ4v) is 2.05. The predicted octanol–water partition coefficient (Wildman–Crippen LogP) is 3.73. The molecule has 4 heteroatoms. The van der Waals surface area contributed by atoms with Crippen molar-refractivity contribution in [2.45, 2.75) is 45.4 Å². The van der Waals surface area contributed by atoms with Crippen LogP contribution in [0.2, 0.25) is 0 Å². The first-order valence-electron chi connectivity index (χ1n) is 6.59. The molecule has 0 atom stereocenters. The summed E-state index contributed by atoms with van der Waals surface area (Å²) in [5.41, 5.74) is 0.570. The molecule has 4 nitrogen and oxygen atoms in total. The molecule has 0 amide bonds. The number of carbonyl (C=O) groups is 2. The van der Waals surface area contributed by atoms with Gasteiger partial charge in [0.2, 0.25) is 0 Å². The van der Waals surface area contributed by atoms with E-state index in [1.807, 2.05) is 0 Å². The highest BCUT2D eigenvalue weighted by Gasteiger charge is 2.10. The second kappa shape index (κ2) is 7.56. The minimum Gasteiger partial charge on any atom is -0.478 e. The van der Waals surface area contributed by atoms with Gasteiger partial charge in [0, 0.05) is 0 Å². The molecule has 1 aliphatic rings. The summed E-state index contributed by atoms with van der Waals surface area (Å²) in [6.45, 7) is 1.62. The van der Waals surface area contributed by atoms with Crippen molar-refractivity contribution in [2.75, 3.05) is 0 Å². The van der Waals surface area contributed by atoms with Crippen molar-refractivity contribution in [3.05, 3.63) is 34.9 Å². The van der Waals surface area contributed by atoms with Crippen molar-refractivity contribution in [1.29, 1.82) is 0 Å². The van der Waals surface area contributed by atoms with Crippen LogP contribution < -0.4 is 0 Å². The maximum Gasteiger partial charge on any atom is 0.335 e. The summed E-state index contributed by atoms with van der Waals surface area (Å²) >= 11 is 0. The Morgan fingerprint density at radius 2 is 1.37 bits per heavy atom. The van der Waals surface area contributed by atoms with Gasteiger partial charge in [-0.15, -0.1) is 0 Å². The van der Waals surface area contributed by atoms with Gasteiger partial charge in [0.25, 0.3) is 0 Å². The molecule has 104 valence electrons. The first-order chi connectivity index (χ1) is 9.02. The van der Waals surface area contributed by atoms with Gasteiger partial charge in [-0.2, -0.15) is 0 Å². The highest BCUT2D eigenvalue weighted by Crippen LogP contribution is 2.15. The zero-order valence-corrected chi connectivity index (χ0v) is 11.2. The van der Waals surface area contributed by atoms with Crippen molar-refractivity contribution in [3.8, 4) is 0 Å². The molecular weight excluding hydrogens is 244 g/mol. The molecule has 0 aliphatic heterocycles. The Morgan fingerprint density at radius 3 is 1.74 bits per heavy atom. The van der Waals surface area contributed by atoms with Crippen molar-refractivity contribution in [1.82, 2.24) is 0 Å². The van der Waals surface area contributed by atoms with Gasteiger partial charge in [0.05, 0.1) is 11.1 Å². The molecule has 1 aromatic carbocycles. The molecule has 1 fully saturated rings. The third-order valence-electron chi connectivity index (χ3n) is 3.21. The standard InChI is InChI=1S/C9H8O4.C6H12/c1-5-2-3-6(8(10)11)4-7(5)9(12)13;1-2-4-6-5-3-1/h2-4H,1H3,(H,10,11)(H,12,13);1-6H2. The van der Waals surface area contributed by atoms with Crippen molar-refractivity contribution >= 4 is 11.9 Å². The average Bonchev–Trinajstić information content (AvgIpc) is 2.41. The lowest BCUT2D eigenvalue weighted by Gasteiger charge is -2.05. The zero-order valence-electron chi connectivity index (χ0n) is 11.2. The molecule has 1 aliphatic carbocycles. The third kappa shape index (κ3) is 5.12. The number of hydrogen-bond acceptors (Lipinski definition) is 2. The molecule has 0 spiro atoms. The second-order valence-electron chi connectivity index (χ2n) is 4.76. The predicted molar refractivity (Wildman–Crippen MR) is 72.8 cm³/mol. The highest BCUT2D eigenvalue weighted by molar-refractivity contribution is 5.94. The van der Waals surface area contributed by atoms with Crippen LogP contribution in [0.1, 0.15) is 64.8 Å². The normalized spacial score (nSPS) is 14.2. The van der Waals surface area contributed by atoms with Crippen LogP contribution in [-0.4, -0.2) is 22.2 Å². The van der Waals surface area contributed by atoms with E-state index in [-0.39, 0.29) is 11.1 Å². The Balaban J connectivity index is 0.000000250. The number of rotatable bonds is 2. The van der Waals surface area contributed by atoms with Crippen molar-refractivity contribution in [3.63, 3.8) is 0 Å². The number of hydrogen-bond donors (Lipinski definition) is 2. The van der Waals surface area contributed by atoms with Gasteiger partial charge in [-0.1, -0.05) is 44.6 Å². The molecule has 0 aromatic heterocycles. The molecule has 1 aromatic rings. The largest absolute Gasteiger partial charge is 0.478 e. The monoisotopic (exact) mass is 264 g/mol. The van der Waals surface area contributed by atoms with Crippen LogP contribution in [0.5, 0.6) is 0 Å². The summed E-state index contributed by atoms with van der Waals surface area (Å²) in [5.74, 6) is -2.23. The lowest BCUT2D eigenvalue weighted by molar-refractivity contribution is 0.0695. The summed E-state index contributed by atoms with van der Waals surface area (Å²) < 4.78 is 0. The minimum atomic E-state index is -1.12. The number of carboxylic acids is 2. The lowest BCUT2D eigenvalue weighted by Crippen LogP contribution is -2.03. The van der Waals surface area contributed by atoms with Crippen LogP contribution in [0.4, 0.5) is 0 Å². The molecule has 2 N–H and O–H groups in total. The Bertz CT molecular complexity index is 436. The number of aryl methyl sites for hydroxylation is 1. The Hall–Kier alpha value is -1.84. The molecule has 0 radical (unpaired) electrons. The van der Waals surface area contributed by atoms with E-state index in [1.165, 1.54) is 50.7 Å². The lowest BCUT2D eigenvalue weighted by atomic mass is 10.0. The average molecular weight is 264 g/mol. The van der Waals surface area contributed by atoms with Crippen molar-refractivity contribution in [2.24, 2.45) is 0 Å². The smallest absolute Gasteiger partial charge is 0.335 e. The van der Waals surface area contributed by atoms with E-state index >= 15 is 0 Å². The SMILES string of the molecule is C1CCCCC1.Cc1ccc(C(=O)O)cc1C(=O)O. The number of carboxylic acid groups (broad SMARTS) is 2. The Kier molecular flexibility index (Phi) is 6.06. The van der Waals surface area contributed by atoms with E-state index in [4.69, 9.17) is 10.2 Å². The Labute approximate surface area is 113 Å². The highest BCUT2D eigenvalue weighted by atomic mass is 16.4. The van der Waals surface area contributed by atoms with Gasteiger partial charge in [-0.25, -0.2) is 9.59 Å². The van der Waals surface area contributed by atoms with Crippen LogP contribution >= 0.6 is 0 Å². The van der Waals surface area contributed by atoms with Crippen LogP contribution in [0.3, 0.4) is 0 Å². The van der Waals surface area contributed by atoms with E-state index in [9.17, 15) is 9.59 Å². The molecule has 1 saturated carbocycles. The maximum atomic E-state index is 10.6. The van der Waals surface area contributed by atoms with E-state index in [2.05, 4.69) is 0 Å². The molecule has 0 bridgehead atoms. The second-order valence-corrected chi connectivity index (χ2v) is 4.76. The van der Waals surface area contributed by atoms with E-state index in [1.54, 1.807) is 6.92 Å². The van der Waals surface area contributed by atoms with Gasteiger partial charge in [-0.3, -0.25) is 0 Å². The summed E-state index contributed by atoms with van der Waals surface area (Å²) in [6, 6.07) is 4.01. The molecule has 2 rings (SSSR count). The molecule has 0 unspecified atom stereocenters. The van der Waals surface area contributed by atoms with E-state index in [0.29, 0.717) is 5.56 Å². The zero-order chi connectivity index (χ0) is 14.3. The summed E-state index contributed by atoms with van der Waals surface area (Å²) in [4.78, 5) is 21.1. The minimum absolute atomic E-state index is 0.0111. The third-order valence-corrected chi connectivity index (χ3v) is 3.21. The molecule has 0 heterocycles. The number of benzene rings is 1. The quantitative estimate of drug-likeness (QED) is 0.853. The van der Waals surface area contributed by atoms with Crippen LogP contribution in [0.15, 0.2) is 18.2 Å². The summed E-state index contributed by atoms with van der Waals surface area (Å²) in [7, 11) is 0. The fraction of sp³-hybridized carbons (Fsp3) is 0.467. The maximum absolute atomic E-state index is 10.6. The van der Waals surface area contributed by atoms with E-state index < -0.39 is 11.9 Å². The van der Waals surface area contributed by atoms with Crippen LogP contribution in [-0.2, 0) is 0 Å². The fourth-order valence-electron chi connectivity index (χ4n) is 2.05. The number of aromatic carboxylic acids is 2. The molecule has 0 saturated heterocycles. The Morgan fingerprint density at radius 1 is 0.895 bits per heavy atom. The van der Waals surface area contributed by atoms with Gasteiger partial charge in [0.15, 0.2) is 0 Å². The molecular formula is C15H20O4. The van der Waals surface area contributed by atoms with Gasteiger partial charge < -0.3 is 10.2 Å². The van der Waals surface area contributed by atoms with Gasteiger partial charge >= 0.3 is 11.9 Å². The van der Waals surface area contributed by atoms with Crippen LogP contribution in [0, 0.1) is 6.92 Å². The van der Waals surface area contributed by atoms with Crippen molar-refractivity contribution < 1.29 is 19.8 Å². The van der Waals surface area contributed by atoms with Gasteiger partial charge in [-0.05, 0) is 24.6 Å². The first kappa shape index (κ1) is 15.2. The van der Waals surface area contributed by atoms with Gasteiger partial charge in [0.1, 0.15) is 0 Å². The first-order valence-corrected chi connectivity index (χ1v) is 6.59. The van der Waals surface area contributed by atoms with Crippen LogP contribution in [0.25, 0.3) is 0 Å². The molecule has 19 heavy (non-hydrogen) atoms. The summed E-state index contributed by atoms with van der Waals surface area (Å²) in [6.07, 6.45) is 9.00. The topological polar surface area (TPSA) is 74.6 Å². The van der Waals surface area contributed by atoms with E-state index in [0.717, 1.165) is 6.07 Å². The summed E-state index contributed by atoms with van der Waals surface area (Å²) in [5, 5.41) is 17.3.